The Morgan fingerprint density at radius 3 is 2.65 bits per heavy atom. The van der Waals surface area contributed by atoms with Crippen LogP contribution in [0.5, 0.6) is 0 Å². The minimum Gasteiger partial charge on any atom is -0.475 e. The fourth-order valence-corrected chi connectivity index (χ4v) is 3.76. The van der Waals surface area contributed by atoms with Crippen molar-refractivity contribution in [2.45, 2.75) is 5.03 Å². The second kappa shape index (κ2) is 5.76. The Morgan fingerprint density at radius 2 is 2.00 bits per heavy atom. The minimum atomic E-state index is -3.05. The summed E-state index contributed by atoms with van der Waals surface area (Å²) in [6.07, 6.45) is 1.16. The molecule has 1 aromatic heterocycles. The zero-order valence-corrected chi connectivity index (χ0v) is 12.2. The average Bonchev–Trinajstić information content (AvgIpc) is 2.36. The van der Waals surface area contributed by atoms with Crippen molar-refractivity contribution in [1.82, 2.24) is 9.97 Å². The van der Waals surface area contributed by atoms with E-state index >= 15 is 0 Å². The van der Waals surface area contributed by atoms with Crippen molar-refractivity contribution in [3.63, 3.8) is 0 Å². The maximum Gasteiger partial charge on any atom is 0.373 e. The fourth-order valence-electron chi connectivity index (χ4n) is 1.54. The standard InChI is InChI=1S/C12H12N2O4S2/c1-20(17,18)7-6-19-11-8-4-2-3-5-9(8)13-10(14-11)12(15)16/h2-5H,6-7H2,1H3,(H,15,16). The maximum absolute atomic E-state index is 11.1. The first-order valence-corrected chi connectivity index (χ1v) is 8.72. The average molecular weight is 312 g/mol. The predicted octanol–water partition coefficient (Wildman–Crippen LogP) is 1.46. The highest BCUT2D eigenvalue weighted by atomic mass is 32.2. The Bertz CT molecular complexity index is 759. The molecule has 0 saturated heterocycles. The van der Waals surface area contributed by atoms with Gasteiger partial charge in [-0.2, -0.15) is 0 Å². The number of hydrogen-bond acceptors (Lipinski definition) is 6. The molecule has 0 aliphatic carbocycles. The maximum atomic E-state index is 11.1. The number of sulfone groups is 1. The third kappa shape index (κ3) is 3.67. The molecule has 2 rings (SSSR count). The summed E-state index contributed by atoms with van der Waals surface area (Å²) in [5.41, 5.74) is 0.529. The molecule has 0 aliphatic rings. The smallest absolute Gasteiger partial charge is 0.373 e. The zero-order chi connectivity index (χ0) is 14.8. The molecule has 0 atom stereocenters. The van der Waals surface area contributed by atoms with E-state index in [-0.39, 0.29) is 11.6 Å². The van der Waals surface area contributed by atoms with Gasteiger partial charge in [0.2, 0.25) is 5.82 Å². The Kier molecular flexibility index (Phi) is 4.24. The van der Waals surface area contributed by atoms with Crippen LogP contribution in [0, 0.1) is 0 Å². The molecule has 20 heavy (non-hydrogen) atoms. The number of thioether (sulfide) groups is 1. The Labute approximate surface area is 120 Å². The zero-order valence-electron chi connectivity index (χ0n) is 10.6. The number of carboxylic acids is 1. The summed E-state index contributed by atoms with van der Waals surface area (Å²) in [5, 5.41) is 10.2. The van der Waals surface area contributed by atoms with Crippen molar-refractivity contribution in [1.29, 1.82) is 0 Å². The molecule has 0 unspecified atom stereocenters. The summed E-state index contributed by atoms with van der Waals surface area (Å²) in [4.78, 5) is 18.9. The SMILES string of the molecule is CS(=O)(=O)CCSc1nc(C(=O)O)nc2ccccc12. The van der Waals surface area contributed by atoms with Gasteiger partial charge in [-0.15, -0.1) is 11.8 Å². The van der Waals surface area contributed by atoms with Crippen LogP contribution in [0.3, 0.4) is 0 Å². The van der Waals surface area contributed by atoms with E-state index in [9.17, 15) is 13.2 Å². The third-order valence-electron chi connectivity index (χ3n) is 2.45. The Morgan fingerprint density at radius 1 is 1.30 bits per heavy atom. The van der Waals surface area contributed by atoms with Crippen molar-refractivity contribution in [2.24, 2.45) is 0 Å². The van der Waals surface area contributed by atoms with E-state index in [1.807, 2.05) is 0 Å². The first-order chi connectivity index (χ1) is 9.37. The highest BCUT2D eigenvalue weighted by Crippen LogP contribution is 2.25. The predicted molar refractivity (Wildman–Crippen MR) is 76.9 cm³/mol. The van der Waals surface area contributed by atoms with Crippen molar-refractivity contribution in [3.05, 3.63) is 30.1 Å². The number of fused-ring (bicyclic) bond motifs is 1. The van der Waals surface area contributed by atoms with Gasteiger partial charge in [0.05, 0.1) is 11.3 Å². The molecule has 1 N–H and O–H groups in total. The number of benzene rings is 1. The molecule has 0 fully saturated rings. The Hall–Kier alpha value is -1.67. The summed E-state index contributed by atoms with van der Waals surface area (Å²) < 4.78 is 22.2. The van der Waals surface area contributed by atoms with Gasteiger partial charge in [0.15, 0.2) is 0 Å². The molecule has 0 bridgehead atoms. The summed E-state index contributed by atoms with van der Waals surface area (Å²) in [6.45, 7) is 0. The third-order valence-corrected chi connectivity index (χ3v) is 4.65. The molecule has 2 aromatic rings. The van der Waals surface area contributed by atoms with Gasteiger partial charge in [0.25, 0.3) is 0 Å². The molecule has 0 spiro atoms. The van der Waals surface area contributed by atoms with Crippen LogP contribution in [0.4, 0.5) is 0 Å². The lowest BCUT2D eigenvalue weighted by Gasteiger charge is -2.06. The molecule has 106 valence electrons. The lowest BCUT2D eigenvalue weighted by Crippen LogP contribution is -2.07. The van der Waals surface area contributed by atoms with Crippen LogP contribution >= 0.6 is 11.8 Å². The first kappa shape index (κ1) is 14.7. The summed E-state index contributed by atoms with van der Waals surface area (Å²) >= 11 is 1.21. The molecule has 8 heteroatoms. The molecular weight excluding hydrogens is 300 g/mol. The second-order valence-electron chi connectivity index (χ2n) is 4.15. The fraction of sp³-hybridized carbons (Fsp3) is 0.250. The van der Waals surface area contributed by atoms with Gasteiger partial charge in [-0.3, -0.25) is 0 Å². The number of rotatable bonds is 5. The summed E-state index contributed by atoms with van der Waals surface area (Å²) in [7, 11) is -3.05. The van der Waals surface area contributed by atoms with E-state index in [4.69, 9.17) is 5.11 Å². The quantitative estimate of drug-likeness (QED) is 0.659. The first-order valence-electron chi connectivity index (χ1n) is 5.67. The topological polar surface area (TPSA) is 97.2 Å². The van der Waals surface area contributed by atoms with Gasteiger partial charge in [0.1, 0.15) is 14.9 Å². The van der Waals surface area contributed by atoms with Crippen LogP contribution in [0.25, 0.3) is 10.9 Å². The largest absolute Gasteiger partial charge is 0.475 e. The number of carbonyl (C=O) groups is 1. The van der Waals surface area contributed by atoms with Crippen LogP contribution in [0.1, 0.15) is 10.6 Å². The number of para-hydroxylation sites is 1. The van der Waals surface area contributed by atoms with Crippen LogP contribution in [-0.4, -0.2) is 47.2 Å². The van der Waals surface area contributed by atoms with E-state index in [0.717, 1.165) is 11.6 Å². The van der Waals surface area contributed by atoms with Gasteiger partial charge in [-0.25, -0.2) is 23.2 Å². The van der Waals surface area contributed by atoms with Crippen LogP contribution in [0.15, 0.2) is 29.3 Å². The Balaban J connectivity index is 2.37. The van der Waals surface area contributed by atoms with Crippen molar-refractivity contribution in [3.8, 4) is 0 Å². The van der Waals surface area contributed by atoms with Crippen molar-refractivity contribution >= 4 is 38.5 Å². The van der Waals surface area contributed by atoms with E-state index in [1.165, 1.54) is 11.8 Å². The van der Waals surface area contributed by atoms with Gasteiger partial charge in [0, 0.05) is 17.4 Å². The minimum absolute atomic E-state index is 0.0123. The second-order valence-corrected chi connectivity index (χ2v) is 7.50. The number of carboxylic acid groups (broad SMARTS) is 1. The van der Waals surface area contributed by atoms with E-state index < -0.39 is 15.8 Å². The summed E-state index contributed by atoms with van der Waals surface area (Å²) in [6, 6.07) is 7.03. The van der Waals surface area contributed by atoms with Crippen LogP contribution < -0.4 is 0 Å². The monoisotopic (exact) mass is 312 g/mol. The molecular formula is C12H12N2O4S2. The number of nitrogens with zero attached hydrogens (tertiary/aromatic N) is 2. The molecule has 0 amide bonds. The van der Waals surface area contributed by atoms with E-state index in [0.29, 0.717) is 16.3 Å². The highest BCUT2D eigenvalue weighted by molar-refractivity contribution is 8.00. The lowest BCUT2D eigenvalue weighted by molar-refractivity contribution is 0.0683. The van der Waals surface area contributed by atoms with Crippen molar-refractivity contribution < 1.29 is 18.3 Å². The van der Waals surface area contributed by atoms with Crippen LogP contribution in [-0.2, 0) is 9.84 Å². The molecule has 1 heterocycles. The molecule has 1 aromatic carbocycles. The lowest BCUT2D eigenvalue weighted by atomic mass is 10.2. The van der Waals surface area contributed by atoms with Crippen molar-refractivity contribution in [2.75, 3.05) is 17.8 Å². The number of aromatic nitrogens is 2. The molecule has 0 saturated carbocycles. The van der Waals surface area contributed by atoms with Gasteiger partial charge >= 0.3 is 5.97 Å². The van der Waals surface area contributed by atoms with Gasteiger partial charge in [-0.1, -0.05) is 18.2 Å². The van der Waals surface area contributed by atoms with Crippen LogP contribution in [0.2, 0.25) is 0 Å². The molecule has 6 nitrogen and oxygen atoms in total. The molecule has 0 radical (unpaired) electrons. The number of aromatic carboxylic acids is 1. The normalized spacial score (nSPS) is 11.7. The van der Waals surface area contributed by atoms with E-state index in [2.05, 4.69) is 9.97 Å². The number of hydrogen-bond donors (Lipinski definition) is 1. The highest BCUT2D eigenvalue weighted by Gasteiger charge is 2.13. The summed E-state index contributed by atoms with van der Waals surface area (Å²) in [5.74, 6) is -1.16. The van der Waals surface area contributed by atoms with Gasteiger partial charge in [-0.05, 0) is 6.07 Å². The molecule has 0 aliphatic heterocycles. The van der Waals surface area contributed by atoms with Gasteiger partial charge < -0.3 is 5.11 Å². The van der Waals surface area contributed by atoms with E-state index in [1.54, 1.807) is 24.3 Å².